The second-order valence-electron chi connectivity index (χ2n) is 9.78. The van der Waals surface area contributed by atoms with Gasteiger partial charge in [0.15, 0.2) is 5.69 Å². The van der Waals surface area contributed by atoms with Crippen LogP contribution in [0.5, 0.6) is 0 Å². The van der Waals surface area contributed by atoms with Gasteiger partial charge in [-0.3, -0.25) is 9.78 Å². The molecule has 3 aromatic heterocycles. The van der Waals surface area contributed by atoms with Crippen LogP contribution in [0.25, 0.3) is 5.52 Å². The molecule has 2 unspecified atom stereocenters. The summed E-state index contributed by atoms with van der Waals surface area (Å²) in [6.45, 7) is 0. The number of hydrogen-bond acceptors (Lipinski definition) is 4. The van der Waals surface area contributed by atoms with Gasteiger partial charge in [0.1, 0.15) is 5.82 Å². The predicted octanol–water partition coefficient (Wildman–Crippen LogP) is 3.13. The van der Waals surface area contributed by atoms with Crippen LogP contribution >= 0.6 is 0 Å². The van der Waals surface area contributed by atoms with Crippen molar-refractivity contribution in [3.05, 3.63) is 66.0 Å². The van der Waals surface area contributed by atoms with Crippen molar-refractivity contribution >= 4 is 11.4 Å². The number of fused-ring (bicyclic) bond motifs is 1. The Morgan fingerprint density at radius 2 is 1.90 bits per heavy atom. The van der Waals surface area contributed by atoms with Gasteiger partial charge in [0.2, 0.25) is 0 Å². The summed E-state index contributed by atoms with van der Waals surface area (Å²) in [4.78, 5) is 22.3. The van der Waals surface area contributed by atoms with Crippen LogP contribution in [0.3, 0.4) is 0 Å². The number of nitrogens with one attached hydrogen (secondary N) is 1. The molecule has 4 fully saturated rings. The quantitative estimate of drug-likeness (QED) is 0.703. The van der Waals surface area contributed by atoms with Crippen molar-refractivity contribution in [1.29, 1.82) is 0 Å². The van der Waals surface area contributed by atoms with E-state index in [9.17, 15) is 9.90 Å². The van der Waals surface area contributed by atoms with E-state index in [0.29, 0.717) is 30.4 Å². The molecule has 0 aliphatic heterocycles. The summed E-state index contributed by atoms with van der Waals surface area (Å²) >= 11 is 0. The summed E-state index contributed by atoms with van der Waals surface area (Å²) < 4.78 is 2.00. The maximum absolute atomic E-state index is 13.4. The van der Waals surface area contributed by atoms with Gasteiger partial charge < -0.3 is 14.8 Å². The van der Waals surface area contributed by atoms with E-state index >= 15 is 0 Å². The number of aliphatic hydroxyl groups is 1. The molecule has 30 heavy (non-hydrogen) atoms. The molecule has 0 aromatic carbocycles. The summed E-state index contributed by atoms with van der Waals surface area (Å²) in [5.41, 5.74) is 1.52. The zero-order valence-electron chi connectivity index (χ0n) is 16.9. The van der Waals surface area contributed by atoms with Crippen molar-refractivity contribution in [1.82, 2.24) is 19.7 Å². The van der Waals surface area contributed by atoms with E-state index in [4.69, 9.17) is 4.98 Å². The SMILES string of the molecule is O=C(NC12CC3CC(CC(O)(C3)C1)C2)c1nc(Cc2ccncc2)n2ccccc12. The summed E-state index contributed by atoms with van der Waals surface area (Å²) in [5.74, 6) is 1.77. The minimum atomic E-state index is -0.597. The molecule has 4 aliphatic carbocycles. The molecule has 7 rings (SSSR count). The molecule has 4 saturated carbocycles. The first kappa shape index (κ1) is 18.1. The Hall–Kier alpha value is -2.73. The molecule has 154 valence electrons. The van der Waals surface area contributed by atoms with Gasteiger partial charge in [-0.05, 0) is 80.2 Å². The van der Waals surface area contributed by atoms with Gasteiger partial charge in [-0.15, -0.1) is 0 Å². The van der Waals surface area contributed by atoms with Crippen LogP contribution < -0.4 is 5.32 Å². The first-order chi connectivity index (χ1) is 14.5. The fourth-order valence-electron chi connectivity index (χ4n) is 6.74. The lowest BCUT2D eigenvalue weighted by Gasteiger charge is -2.60. The molecule has 1 amide bonds. The number of amides is 1. The molecule has 6 heteroatoms. The molecule has 0 radical (unpaired) electrons. The maximum Gasteiger partial charge on any atom is 0.272 e. The van der Waals surface area contributed by atoms with Crippen molar-refractivity contribution < 1.29 is 9.90 Å². The molecule has 2 atom stereocenters. The van der Waals surface area contributed by atoms with E-state index in [0.717, 1.165) is 42.6 Å². The van der Waals surface area contributed by atoms with Crippen LogP contribution in [0.1, 0.15) is 60.4 Å². The molecular weight excluding hydrogens is 376 g/mol. The Bertz CT molecular complexity index is 1110. The summed E-state index contributed by atoms with van der Waals surface area (Å²) in [7, 11) is 0. The number of aromatic nitrogens is 3. The number of carbonyl (C=O) groups excluding carboxylic acids is 1. The van der Waals surface area contributed by atoms with Gasteiger partial charge in [-0.25, -0.2) is 4.98 Å². The topological polar surface area (TPSA) is 79.5 Å². The average Bonchev–Trinajstić information content (AvgIpc) is 3.05. The maximum atomic E-state index is 13.4. The number of pyridine rings is 2. The third-order valence-corrected chi connectivity index (χ3v) is 7.36. The van der Waals surface area contributed by atoms with E-state index in [1.807, 2.05) is 40.9 Å². The van der Waals surface area contributed by atoms with E-state index in [-0.39, 0.29) is 11.4 Å². The van der Waals surface area contributed by atoms with E-state index in [2.05, 4.69) is 10.3 Å². The molecule has 0 spiro atoms. The molecule has 2 N–H and O–H groups in total. The van der Waals surface area contributed by atoms with Crippen LogP contribution in [0.15, 0.2) is 48.9 Å². The third-order valence-electron chi connectivity index (χ3n) is 7.36. The number of nitrogens with zero attached hydrogens (tertiary/aromatic N) is 3. The minimum absolute atomic E-state index is 0.120. The smallest absolute Gasteiger partial charge is 0.272 e. The molecule has 0 saturated heterocycles. The fraction of sp³-hybridized carbons (Fsp3) is 0.458. The second kappa shape index (κ2) is 6.38. The lowest BCUT2D eigenvalue weighted by molar-refractivity contribution is -0.139. The molecule has 6 nitrogen and oxygen atoms in total. The minimum Gasteiger partial charge on any atom is -0.390 e. The van der Waals surface area contributed by atoms with Gasteiger partial charge in [-0.1, -0.05) is 6.07 Å². The Labute approximate surface area is 175 Å². The standard InChI is InChI=1S/C24H26N4O2/c29-22(27-23-11-17-9-18(12-23)14-24(30,13-17)15-23)21-19-3-1-2-8-28(19)20(26-21)10-16-4-6-25-7-5-16/h1-8,17-18,30H,9-15H2,(H,27,29). The number of imidazole rings is 1. The Morgan fingerprint density at radius 3 is 2.63 bits per heavy atom. The predicted molar refractivity (Wildman–Crippen MR) is 112 cm³/mol. The fourth-order valence-corrected chi connectivity index (χ4v) is 6.74. The van der Waals surface area contributed by atoms with Gasteiger partial charge in [-0.2, -0.15) is 0 Å². The van der Waals surface area contributed by atoms with E-state index in [1.54, 1.807) is 12.4 Å². The van der Waals surface area contributed by atoms with E-state index < -0.39 is 5.60 Å². The zero-order chi connectivity index (χ0) is 20.3. The first-order valence-electron chi connectivity index (χ1n) is 10.9. The Morgan fingerprint density at radius 1 is 1.13 bits per heavy atom. The van der Waals surface area contributed by atoms with Crippen LogP contribution in [-0.4, -0.2) is 36.5 Å². The highest BCUT2D eigenvalue weighted by molar-refractivity contribution is 5.99. The summed E-state index contributed by atoms with van der Waals surface area (Å²) in [6, 6.07) is 9.80. The van der Waals surface area contributed by atoms with Gasteiger partial charge in [0.25, 0.3) is 5.91 Å². The van der Waals surface area contributed by atoms with Crippen LogP contribution in [0.2, 0.25) is 0 Å². The highest BCUT2D eigenvalue weighted by atomic mass is 16.3. The summed E-state index contributed by atoms with van der Waals surface area (Å²) in [6.07, 6.45) is 11.8. The number of carbonyl (C=O) groups is 1. The van der Waals surface area contributed by atoms with Crippen LogP contribution in [-0.2, 0) is 6.42 Å². The van der Waals surface area contributed by atoms with Crippen molar-refractivity contribution in [3.8, 4) is 0 Å². The largest absolute Gasteiger partial charge is 0.390 e. The Kier molecular flexibility index (Phi) is 3.84. The second-order valence-corrected chi connectivity index (χ2v) is 9.78. The van der Waals surface area contributed by atoms with Gasteiger partial charge in [0.05, 0.1) is 11.1 Å². The zero-order valence-corrected chi connectivity index (χ0v) is 16.9. The monoisotopic (exact) mass is 402 g/mol. The van der Waals surface area contributed by atoms with Crippen LogP contribution in [0.4, 0.5) is 0 Å². The van der Waals surface area contributed by atoms with Crippen molar-refractivity contribution in [2.45, 2.75) is 56.1 Å². The van der Waals surface area contributed by atoms with Gasteiger partial charge in [0, 0.05) is 30.6 Å². The molecular formula is C24H26N4O2. The summed E-state index contributed by atoms with van der Waals surface area (Å²) in [5, 5.41) is 14.4. The third kappa shape index (κ3) is 2.93. The van der Waals surface area contributed by atoms with Crippen molar-refractivity contribution in [2.24, 2.45) is 11.8 Å². The first-order valence-corrected chi connectivity index (χ1v) is 10.9. The molecule has 4 bridgehead atoms. The van der Waals surface area contributed by atoms with E-state index in [1.165, 1.54) is 6.42 Å². The lowest BCUT2D eigenvalue weighted by Crippen LogP contribution is -2.65. The number of rotatable bonds is 4. The normalized spacial score (nSPS) is 31.9. The molecule has 3 heterocycles. The van der Waals surface area contributed by atoms with Crippen molar-refractivity contribution in [2.75, 3.05) is 0 Å². The van der Waals surface area contributed by atoms with Gasteiger partial charge >= 0.3 is 0 Å². The van der Waals surface area contributed by atoms with Crippen molar-refractivity contribution in [3.63, 3.8) is 0 Å². The highest BCUT2D eigenvalue weighted by Gasteiger charge is 2.57. The molecule has 3 aromatic rings. The molecule has 4 aliphatic rings. The highest BCUT2D eigenvalue weighted by Crippen LogP contribution is 2.57. The number of hydrogen-bond donors (Lipinski definition) is 2. The lowest BCUT2D eigenvalue weighted by atomic mass is 9.51. The van der Waals surface area contributed by atoms with Crippen LogP contribution in [0, 0.1) is 11.8 Å². The average molecular weight is 402 g/mol. The Balaban J connectivity index is 1.33.